The Kier molecular flexibility index (Phi) is 4.01. The number of pyridine rings is 1. The topological polar surface area (TPSA) is 62.2 Å². The molecule has 0 spiro atoms. The number of thioether (sulfide) groups is 1. The molecule has 0 radical (unpaired) electrons. The van der Waals surface area contributed by atoms with Gasteiger partial charge in [0.15, 0.2) is 0 Å². The van der Waals surface area contributed by atoms with Crippen molar-refractivity contribution in [3.63, 3.8) is 0 Å². The molecule has 2 N–H and O–H groups in total. The van der Waals surface area contributed by atoms with Crippen LogP contribution in [0.25, 0.3) is 10.9 Å². The van der Waals surface area contributed by atoms with Gasteiger partial charge in [0.25, 0.3) is 0 Å². The molecular weight excluding hydrogens is 284 g/mol. The number of rotatable bonds is 4. The number of nitrogens with one attached hydrogen (secondary N) is 1. The van der Waals surface area contributed by atoms with Crippen molar-refractivity contribution in [2.75, 3.05) is 11.6 Å². The van der Waals surface area contributed by atoms with Gasteiger partial charge in [0.1, 0.15) is 5.56 Å². The number of benzene rings is 1. The summed E-state index contributed by atoms with van der Waals surface area (Å²) in [6.45, 7) is 0. The number of nitrogens with zero attached hydrogens (tertiary/aromatic N) is 1. The van der Waals surface area contributed by atoms with Crippen LogP contribution in [0.15, 0.2) is 30.5 Å². The van der Waals surface area contributed by atoms with Gasteiger partial charge >= 0.3 is 5.97 Å². The molecule has 3 rings (SSSR count). The van der Waals surface area contributed by atoms with Crippen LogP contribution in [-0.4, -0.2) is 33.6 Å². The highest BCUT2D eigenvalue weighted by atomic mass is 32.2. The Balaban J connectivity index is 1.99. The maximum Gasteiger partial charge on any atom is 0.339 e. The first kappa shape index (κ1) is 14.2. The predicted octanol–water partition coefficient (Wildman–Crippen LogP) is 3.63. The monoisotopic (exact) mass is 302 g/mol. The molecule has 1 saturated carbocycles. The molecule has 110 valence electrons. The van der Waals surface area contributed by atoms with Gasteiger partial charge in [-0.1, -0.05) is 18.2 Å². The van der Waals surface area contributed by atoms with Gasteiger partial charge in [0.2, 0.25) is 0 Å². The third-order valence-electron chi connectivity index (χ3n) is 4.07. The fourth-order valence-electron chi connectivity index (χ4n) is 2.95. The quantitative estimate of drug-likeness (QED) is 0.903. The average Bonchev–Trinajstić information content (AvgIpc) is 2.95. The third kappa shape index (κ3) is 2.83. The summed E-state index contributed by atoms with van der Waals surface area (Å²) >= 11 is 1.89. The van der Waals surface area contributed by atoms with E-state index in [1.54, 1.807) is 0 Å². The molecule has 0 saturated heterocycles. The molecule has 0 aliphatic heterocycles. The predicted molar refractivity (Wildman–Crippen MR) is 87.3 cm³/mol. The molecule has 1 aliphatic carbocycles. The summed E-state index contributed by atoms with van der Waals surface area (Å²) in [4.78, 5) is 15.7. The molecule has 0 amide bonds. The fraction of sp³-hybridized carbons (Fsp3) is 0.375. The molecular formula is C16H18N2O2S. The molecule has 1 fully saturated rings. The van der Waals surface area contributed by atoms with Crippen LogP contribution in [0.1, 0.15) is 29.6 Å². The Morgan fingerprint density at radius 3 is 2.90 bits per heavy atom. The molecule has 1 aromatic carbocycles. The zero-order valence-electron chi connectivity index (χ0n) is 11.9. The normalized spacial score (nSPS) is 21.6. The van der Waals surface area contributed by atoms with E-state index in [0.717, 1.165) is 23.7 Å². The summed E-state index contributed by atoms with van der Waals surface area (Å²) in [7, 11) is 0. The van der Waals surface area contributed by atoms with Gasteiger partial charge in [-0.2, -0.15) is 11.8 Å². The Morgan fingerprint density at radius 2 is 2.19 bits per heavy atom. The van der Waals surface area contributed by atoms with E-state index in [4.69, 9.17) is 0 Å². The van der Waals surface area contributed by atoms with Crippen molar-refractivity contribution >= 4 is 34.3 Å². The van der Waals surface area contributed by atoms with E-state index in [1.807, 2.05) is 36.0 Å². The minimum Gasteiger partial charge on any atom is -0.478 e. The van der Waals surface area contributed by atoms with Gasteiger partial charge < -0.3 is 10.4 Å². The zero-order chi connectivity index (χ0) is 14.8. The van der Waals surface area contributed by atoms with Gasteiger partial charge in [-0.25, -0.2) is 4.79 Å². The van der Waals surface area contributed by atoms with E-state index in [2.05, 4.69) is 16.6 Å². The SMILES string of the molecule is CSC1CCC(Nc2c(C(=O)O)cnc3ccccc23)C1. The number of fused-ring (bicyclic) bond motifs is 1. The van der Waals surface area contributed by atoms with Crippen molar-refractivity contribution in [2.45, 2.75) is 30.6 Å². The molecule has 1 aliphatic rings. The van der Waals surface area contributed by atoms with E-state index in [0.29, 0.717) is 17.0 Å². The molecule has 21 heavy (non-hydrogen) atoms. The van der Waals surface area contributed by atoms with Crippen LogP contribution in [-0.2, 0) is 0 Å². The van der Waals surface area contributed by atoms with Crippen molar-refractivity contribution in [1.82, 2.24) is 4.98 Å². The highest BCUT2D eigenvalue weighted by molar-refractivity contribution is 7.99. The Labute approximate surface area is 128 Å². The summed E-state index contributed by atoms with van der Waals surface area (Å²) in [5.74, 6) is -0.935. The van der Waals surface area contributed by atoms with Crippen LogP contribution >= 0.6 is 11.8 Å². The minimum atomic E-state index is -0.935. The standard InChI is InChI=1S/C16H18N2O2S/c1-21-11-7-6-10(8-11)18-15-12-4-2-3-5-14(12)17-9-13(15)16(19)20/h2-5,9-11H,6-8H2,1H3,(H,17,18)(H,19,20). The number of hydrogen-bond donors (Lipinski definition) is 2. The molecule has 2 atom stereocenters. The second-order valence-electron chi connectivity index (χ2n) is 5.38. The number of carbonyl (C=O) groups is 1. The number of hydrogen-bond acceptors (Lipinski definition) is 4. The fourth-order valence-corrected chi connectivity index (χ4v) is 3.74. The maximum atomic E-state index is 11.5. The average molecular weight is 302 g/mol. The van der Waals surface area contributed by atoms with Crippen molar-refractivity contribution in [3.05, 3.63) is 36.0 Å². The molecule has 2 unspecified atom stereocenters. The zero-order valence-corrected chi connectivity index (χ0v) is 12.7. The third-order valence-corrected chi connectivity index (χ3v) is 5.17. The van der Waals surface area contributed by atoms with Crippen LogP contribution in [0.2, 0.25) is 0 Å². The smallest absolute Gasteiger partial charge is 0.339 e. The number of anilines is 1. The Morgan fingerprint density at radius 1 is 1.38 bits per heavy atom. The highest BCUT2D eigenvalue weighted by Crippen LogP contribution is 2.33. The Bertz CT molecular complexity index is 674. The van der Waals surface area contributed by atoms with Gasteiger partial charge in [-0.05, 0) is 31.6 Å². The second kappa shape index (κ2) is 5.93. The first-order valence-corrected chi connectivity index (χ1v) is 8.38. The highest BCUT2D eigenvalue weighted by Gasteiger charge is 2.25. The summed E-state index contributed by atoms with van der Waals surface area (Å²) in [5.41, 5.74) is 1.78. The molecule has 0 bridgehead atoms. The van der Waals surface area contributed by atoms with E-state index in [1.165, 1.54) is 12.6 Å². The minimum absolute atomic E-state index is 0.251. The van der Waals surface area contributed by atoms with Gasteiger partial charge in [-0.15, -0.1) is 0 Å². The van der Waals surface area contributed by atoms with E-state index >= 15 is 0 Å². The Hall–Kier alpha value is -1.75. The second-order valence-corrected chi connectivity index (χ2v) is 6.52. The van der Waals surface area contributed by atoms with Crippen LogP contribution in [0, 0.1) is 0 Å². The summed E-state index contributed by atoms with van der Waals surface area (Å²) < 4.78 is 0. The van der Waals surface area contributed by atoms with Crippen molar-refractivity contribution in [2.24, 2.45) is 0 Å². The number of aromatic nitrogens is 1. The van der Waals surface area contributed by atoms with Gasteiger partial charge in [0.05, 0.1) is 11.2 Å². The first-order valence-electron chi connectivity index (χ1n) is 7.09. The summed E-state index contributed by atoms with van der Waals surface area (Å²) in [6, 6.07) is 8.01. The van der Waals surface area contributed by atoms with Gasteiger partial charge in [-0.3, -0.25) is 4.98 Å². The summed E-state index contributed by atoms with van der Waals surface area (Å²) in [6.07, 6.45) is 6.94. The first-order chi connectivity index (χ1) is 10.2. The number of para-hydroxylation sites is 1. The largest absolute Gasteiger partial charge is 0.478 e. The van der Waals surface area contributed by atoms with Crippen LogP contribution in [0.3, 0.4) is 0 Å². The van der Waals surface area contributed by atoms with Crippen molar-refractivity contribution in [3.8, 4) is 0 Å². The van der Waals surface area contributed by atoms with Crippen molar-refractivity contribution in [1.29, 1.82) is 0 Å². The van der Waals surface area contributed by atoms with E-state index in [-0.39, 0.29) is 5.56 Å². The molecule has 1 aromatic heterocycles. The van der Waals surface area contributed by atoms with E-state index in [9.17, 15) is 9.90 Å². The number of carboxylic acid groups (broad SMARTS) is 1. The van der Waals surface area contributed by atoms with Crippen molar-refractivity contribution < 1.29 is 9.90 Å². The maximum absolute atomic E-state index is 11.5. The van der Waals surface area contributed by atoms with Crippen LogP contribution in [0.5, 0.6) is 0 Å². The number of carboxylic acids is 1. The lowest BCUT2D eigenvalue weighted by molar-refractivity contribution is 0.0697. The lowest BCUT2D eigenvalue weighted by Gasteiger charge is -2.18. The van der Waals surface area contributed by atoms with Crippen LogP contribution < -0.4 is 5.32 Å². The number of aromatic carboxylic acids is 1. The van der Waals surface area contributed by atoms with Gasteiger partial charge in [0, 0.05) is 22.9 Å². The molecule has 1 heterocycles. The lowest BCUT2D eigenvalue weighted by atomic mass is 10.1. The van der Waals surface area contributed by atoms with E-state index < -0.39 is 5.97 Å². The molecule has 2 aromatic rings. The van der Waals surface area contributed by atoms with Crippen LogP contribution in [0.4, 0.5) is 5.69 Å². The lowest BCUT2D eigenvalue weighted by Crippen LogP contribution is -2.18. The molecule has 4 nitrogen and oxygen atoms in total. The summed E-state index contributed by atoms with van der Waals surface area (Å²) in [5, 5.41) is 14.4. The molecule has 5 heteroatoms.